The monoisotopic (exact) mass is 458 g/mol. The summed E-state index contributed by atoms with van der Waals surface area (Å²) in [5, 5.41) is 3.34. The third-order valence-electron chi connectivity index (χ3n) is 5.82. The van der Waals surface area contributed by atoms with Crippen LogP contribution in [0.1, 0.15) is 26.7 Å². The molecule has 2 fully saturated rings. The van der Waals surface area contributed by atoms with Gasteiger partial charge in [-0.3, -0.25) is 9.69 Å². The number of hydrogen-bond acceptors (Lipinski definition) is 5. The molecule has 1 aromatic carbocycles. The highest BCUT2D eigenvalue weighted by molar-refractivity contribution is 7.86. The maximum Gasteiger partial charge on any atom is 0.282 e. The molecule has 168 valence electrons. The molecule has 2 aliphatic heterocycles. The lowest BCUT2D eigenvalue weighted by molar-refractivity contribution is -0.117. The number of methoxy groups -OCH3 is 1. The SMILES string of the molecule is COc1ccc(Cl)cc1NC(=O)CN1CCN(S(=O)(=O)N2CCC(C)CC2)[C@@H](C)C1. The van der Waals surface area contributed by atoms with Crippen molar-refractivity contribution in [1.82, 2.24) is 13.5 Å². The van der Waals surface area contributed by atoms with E-state index in [1.807, 2.05) is 11.8 Å². The van der Waals surface area contributed by atoms with E-state index in [9.17, 15) is 13.2 Å². The Bertz CT molecular complexity index is 858. The van der Waals surface area contributed by atoms with Crippen LogP contribution in [0.4, 0.5) is 5.69 Å². The van der Waals surface area contributed by atoms with Gasteiger partial charge in [-0.1, -0.05) is 18.5 Å². The number of hydrogen-bond donors (Lipinski definition) is 1. The van der Waals surface area contributed by atoms with Gasteiger partial charge in [-0.15, -0.1) is 0 Å². The number of rotatable bonds is 6. The zero-order chi connectivity index (χ0) is 21.9. The molecule has 0 saturated carbocycles. The number of piperidine rings is 1. The Morgan fingerprint density at radius 1 is 1.20 bits per heavy atom. The fourth-order valence-corrected chi connectivity index (χ4v) is 6.01. The normalized spacial score (nSPS) is 22.7. The Balaban J connectivity index is 1.56. The van der Waals surface area contributed by atoms with Crippen molar-refractivity contribution in [3.05, 3.63) is 23.2 Å². The molecule has 2 aliphatic rings. The number of carbonyl (C=O) groups excluding carboxylic acids is 1. The van der Waals surface area contributed by atoms with Gasteiger partial charge in [-0.2, -0.15) is 17.0 Å². The second-order valence-electron chi connectivity index (χ2n) is 8.18. The van der Waals surface area contributed by atoms with Crippen molar-refractivity contribution >= 4 is 33.4 Å². The van der Waals surface area contributed by atoms with Gasteiger partial charge < -0.3 is 10.1 Å². The van der Waals surface area contributed by atoms with Crippen LogP contribution in [0.15, 0.2) is 18.2 Å². The van der Waals surface area contributed by atoms with Gasteiger partial charge in [0.25, 0.3) is 10.2 Å². The summed E-state index contributed by atoms with van der Waals surface area (Å²) in [6.07, 6.45) is 1.81. The number of benzene rings is 1. The summed E-state index contributed by atoms with van der Waals surface area (Å²) < 4.78 is 34.6. The molecule has 0 bridgehead atoms. The number of piperazine rings is 1. The van der Waals surface area contributed by atoms with Gasteiger partial charge in [0.1, 0.15) is 5.75 Å². The molecule has 0 radical (unpaired) electrons. The first-order valence-electron chi connectivity index (χ1n) is 10.3. The fraction of sp³-hybridized carbons (Fsp3) is 0.650. The van der Waals surface area contributed by atoms with E-state index in [0.717, 1.165) is 12.8 Å². The summed E-state index contributed by atoms with van der Waals surface area (Å²) in [6, 6.07) is 4.84. The summed E-state index contributed by atoms with van der Waals surface area (Å²) in [5.41, 5.74) is 0.517. The third kappa shape index (κ3) is 5.45. The topological polar surface area (TPSA) is 82.2 Å². The minimum Gasteiger partial charge on any atom is -0.495 e. The molecule has 2 saturated heterocycles. The highest BCUT2D eigenvalue weighted by Crippen LogP contribution is 2.28. The smallest absolute Gasteiger partial charge is 0.282 e. The number of nitrogens with one attached hydrogen (secondary N) is 1. The van der Waals surface area contributed by atoms with Crippen molar-refractivity contribution in [3.63, 3.8) is 0 Å². The Morgan fingerprint density at radius 2 is 1.90 bits per heavy atom. The van der Waals surface area contributed by atoms with Crippen molar-refractivity contribution in [3.8, 4) is 5.75 Å². The van der Waals surface area contributed by atoms with Crippen molar-refractivity contribution in [2.45, 2.75) is 32.7 Å². The van der Waals surface area contributed by atoms with E-state index in [1.54, 1.807) is 26.8 Å². The number of ether oxygens (including phenoxy) is 1. The molecule has 0 aromatic heterocycles. The quantitative estimate of drug-likeness (QED) is 0.707. The second kappa shape index (κ2) is 9.82. The second-order valence-corrected chi connectivity index (χ2v) is 10.5. The largest absolute Gasteiger partial charge is 0.495 e. The molecule has 0 unspecified atom stereocenters. The van der Waals surface area contributed by atoms with Crippen molar-refractivity contribution in [2.24, 2.45) is 5.92 Å². The predicted molar refractivity (Wildman–Crippen MR) is 118 cm³/mol. The van der Waals surface area contributed by atoms with Crippen molar-refractivity contribution in [2.75, 3.05) is 51.7 Å². The maximum atomic E-state index is 13.1. The van der Waals surface area contributed by atoms with Gasteiger partial charge in [0.2, 0.25) is 5.91 Å². The van der Waals surface area contributed by atoms with Crippen molar-refractivity contribution in [1.29, 1.82) is 0 Å². The first-order valence-corrected chi connectivity index (χ1v) is 12.1. The molecule has 8 nitrogen and oxygen atoms in total. The highest BCUT2D eigenvalue weighted by atomic mass is 35.5. The Hall–Kier alpha value is -1.39. The van der Waals surface area contributed by atoms with Gasteiger partial charge in [0.15, 0.2) is 0 Å². The fourth-order valence-electron chi connectivity index (χ4n) is 4.04. The zero-order valence-corrected chi connectivity index (χ0v) is 19.4. The van der Waals surface area contributed by atoms with Crippen LogP contribution in [-0.4, -0.2) is 80.3 Å². The van der Waals surface area contributed by atoms with Crippen LogP contribution >= 0.6 is 11.6 Å². The van der Waals surface area contributed by atoms with Crippen LogP contribution in [0.5, 0.6) is 5.75 Å². The van der Waals surface area contributed by atoms with Gasteiger partial charge in [-0.25, -0.2) is 0 Å². The summed E-state index contributed by atoms with van der Waals surface area (Å²) in [5.74, 6) is 0.916. The molecule has 10 heteroatoms. The Morgan fingerprint density at radius 3 is 2.53 bits per heavy atom. The number of halogens is 1. The van der Waals surface area contributed by atoms with Gasteiger partial charge >= 0.3 is 0 Å². The van der Waals surface area contributed by atoms with Gasteiger partial charge in [0, 0.05) is 43.8 Å². The van der Waals surface area contributed by atoms with Crippen LogP contribution in [0.25, 0.3) is 0 Å². The van der Waals surface area contributed by atoms with E-state index in [2.05, 4.69) is 12.2 Å². The van der Waals surface area contributed by atoms with Crippen LogP contribution in [0, 0.1) is 5.92 Å². The molecule has 1 amide bonds. The number of amides is 1. The Kier molecular flexibility index (Phi) is 7.62. The summed E-state index contributed by atoms with van der Waals surface area (Å²) in [7, 11) is -1.93. The maximum absolute atomic E-state index is 13.1. The summed E-state index contributed by atoms with van der Waals surface area (Å²) in [4.78, 5) is 14.5. The zero-order valence-electron chi connectivity index (χ0n) is 17.8. The van der Waals surface area contributed by atoms with E-state index < -0.39 is 10.2 Å². The van der Waals surface area contributed by atoms with Crippen LogP contribution in [-0.2, 0) is 15.0 Å². The number of carbonyl (C=O) groups is 1. The average Bonchev–Trinajstić information content (AvgIpc) is 2.68. The lowest BCUT2D eigenvalue weighted by Crippen LogP contribution is -2.58. The molecule has 1 N–H and O–H groups in total. The molecule has 0 spiro atoms. The van der Waals surface area contributed by atoms with E-state index in [4.69, 9.17) is 16.3 Å². The van der Waals surface area contributed by atoms with Crippen LogP contribution in [0.2, 0.25) is 5.02 Å². The standard InChI is InChI=1S/C20H31ClN4O4S/c1-15-6-8-24(9-7-15)30(27,28)25-11-10-23(13-16(25)2)14-20(26)22-18-12-17(21)4-5-19(18)29-3/h4-5,12,15-16H,6-11,13-14H2,1-3H3,(H,22,26)/t16-/m0/s1. The first-order chi connectivity index (χ1) is 14.2. The van der Waals surface area contributed by atoms with Gasteiger partial charge in [-0.05, 0) is 43.9 Å². The van der Waals surface area contributed by atoms with E-state index in [0.29, 0.717) is 55.1 Å². The molecule has 0 aliphatic carbocycles. The van der Waals surface area contributed by atoms with E-state index in [1.165, 1.54) is 7.11 Å². The minimum atomic E-state index is -3.46. The van der Waals surface area contributed by atoms with Crippen LogP contribution < -0.4 is 10.1 Å². The lowest BCUT2D eigenvalue weighted by Gasteiger charge is -2.42. The predicted octanol–water partition coefficient (Wildman–Crippen LogP) is 2.27. The molecule has 2 heterocycles. The molecule has 1 atom stereocenters. The molecule has 30 heavy (non-hydrogen) atoms. The molecular weight excluding hydrogens is 428 g/mol. The number of anilines is 1. The minimum absolute atomic E-state index is 0.176. The summed E-state index contributed by atoms with van der Waals surface area (Å²) >= 11 is 6.02. The highest BCUT2D eigenvalue weighted by Gasteiger charge is 2.38. The molecule has 3 rings (SSSR count). The van der Waals surface area contributed by atoms with E-state index in [-0.39, 0.29) is 18.5 Å². The number of nitrogens with zero attached hydrogens (tertiary/aromatic N) is 3. The van der Waals surface area contributed by atoms with Crippen LogP contribution in [0.3, 0.4) is 0 Å². The average molecular weight is 459 g/mol. The molecular formula is C20H31ClN4O4S. The Labute approximate surface area is 184 Å². The van der Waals surface area contributed by atoms with Crippen molar-refractivity contribution < 1.29 is 17.9 Å². The summed E-state index contributed by atoms with van der Waals surface area (Å²) in [6.45, 7) is 6.79. The van der Waals surface area contributed by atoms with Gasteiger partial charge in [0.05, 0.1) is 19.3 Å². The third-order valence-corrected chi connectivity index (χ3v) is 8.21. The van der Waals surface area contributed by atoms with E-state index >= 15 is 0 Å². The molecule has 1 aromatic rings. The lowest BCUT2D eigenvalue weighted by atomic mass is 10.0. The first kappa shape index (κ1) is 23.3.